The van der Waals surface area contributed by atoms with Crippen LogP contribution in [0.15, 0.2) is 18.2 Å². The maximum atomic E-state index is 12.8. The summed E-state index contributed by atoms with van der Waals surface area (Å²) < 4.78 is 30.0. The van der Waals surface area contributed by atoms with Crippen molar-refractivity contribution in [2.24, 2.45) is 0 Å². The van der Waals surface area contributed by atoms with Crippen molar-refractivity contribution in [1.82, 2.24) is 5.32 Å². The van der Waals surface area contributed by atoms with E-state index in [4.69, 9.17) is 0 Å². The minimum absolute atomic E-state index is 0.0619. The van der Waals surface area contributed by atoms with Crippen LogP contribution in [0.1, 0.15) is 17.3 Å². The minimum Gasteiger partial charge on any atom is -0.465 e. The number of hydrogen-bond acceptors (Lipinski definition) is 3. The number of ether oxygens (including phenoxy) is 1. The van der Waals surface area contributed by atoms with Gasteiger partial charge in [0.15, 0.2) is 11.6 Å². The van der Waals surface area contributed by atoms with Crippen LogP contribution in [0.3, 0.4) is 0 Å². The number of esters is 1. The molecule has 0 atom stereocenters. The first-order valence-electron chi connectivity index (χ1n) is 4.93. The first-order chi connectivity index (χ1) is 8.04. The van der Waals surface area contributed by atoms with Crippen LogP contribution in [0.4, 0.5) is 8.78 Å². The molecule has 0 unspecified atom stereocenters. The normalized spacial score (nSPS) is 9.82. The largest absolute Gasteiger partial charge is 0.465 e. The topological polar surface area (TPSA) is 55.4 Å². The molecule has 0 aliphatic carbocycles. The second-order valence-corrected chi connectivity index (χ2v) is 3.12. The summed E-state index contributed by atoms with van der Waals surface area (Å²) in [6.45, 7) is 1.53. The van der Waals surface area contributed by atoms with Gasteiger partial charge in [0.1, 0.15) is 6.54 Å². The molecular formula is C11H11F2NO3. The van der Waals surface area contributed by atoms with E-state index in [-0.39, 0.29) is 18.7 Å². The fraction of sp³-hybridized carbons (Fsp3) is 0.273. The van der Waals surface area contributed by atoms with Gasteiger partial charge < -0.3 is 10.1 Å². The van der Waals surface area contributed by atoms with E-state index in [1.54, 1.807) is 6.92 Å². The molecular weight excluding hydrogens is 232 g/mol. The van der Waals surface area contributed by atoms with E-state index >= 15 is 0 Å². The van der Waals surface area contributed by atoms with Gasteiger partial charge in [-0.1, -0.05) is 0 Å². The van der Waals surface area contributed by atoms with E-state index in [1.807, 2.05) is 0 Å². The number of benzene rings is 1. The van der Waals surface area contributed by atoms with Gasteiger partial charge in [0.05, 0.1) is 6.61 Å². The molecule has 4 nitrogen and oxygen atoms in total. The molecule has 1 amide bonds. The second-order valence-electron chi connectivity index (χ2n) is 3.12. The predicted molar refractivity (Wildman–Crippen MR) is 55.3 cm³/mol. The Morgan fingerprint density at radius 1 is 1.29 bits per heavy atom. The Bertz CT molecular complexity index is 435. The molecule has 0 aromatic heterocycles. The van der Waals surface area contributed by atoms with Crippen LogP contribution in [-0.2, 0) is 9.53 Å². The lowest BCUT2D eigenvalue weighted by Gasteiger charge is -2.05. The summed E-state index contributed by atoms with van der Waals surface area (Å²) in [6.07, 6.45) is 0. The molecule has 0 radical (unpaired) electrons. The van der Waals surface area contributed by atoms with E-state index in [1.165, 1.54) is 0 Å². The Labute approximate surface area is 96.6 Å². The molecule has 0 saturated carbocycles. The lowest BCUT2D eigenvalue weighted by atomic mass is 10.2. The fourth-order valence-corrected chi connectivity index (χ4v) is 1.10. The van der Waals surface area contributed by atoms with Crippen LogP contribution < -0.4 is 5.32 Å². The molecule has 0 fully saturated rings. The molecule has 0 spiro atoms. The molecule has 6 heteroatoms. The molecule has 0 aliphatic rings. The van der Waals surface area contributed by atoms with Crippen molar-refractivity contribution in [3.05, 3.63) is 35.4 Å². The van der Waals surface area contributed by atoms with Crippen molar-refractivity contribution >= 4 is 11.9 Å². The third kappa shape index (κ3) is 3.82. The quantitative estimate of drug-likeness (QED) is 0.810. The highest BCUT2D eigenvalue weighted by Gasteiger charge is 2.11. The van der Waals surface area contributed by atoms with E-state index in [0.29, 0.717) is 0 Å². The van der Waals surface area contributed by atoms with Gasteiger partial charge in [-0.25, -0.2) is 8.78 Å². The van der Waals surface area contributed by atoms with Gasteiger partial charge in [-0.2, -0.15) is 0 Å². The lowest BCUT2D eigenvalue weighted by molar-refractivity contribution is -0.141. The average molecular weight is 243 g/mol. The minimum atomic E-state index is -1.12. The third-order valence-electron chi connectivity index (χ3n) is 1.88. The maximum Gasteiger partial charge on any atom is 0.325 e. The predicted octanol–water partition coefficient (Wildman–Crippen LogP) is 1.26. The van der Waals surface area contributed by atoms with E-state index < -0.39 is 23.5 Å². The first-order valence-corrected chi connectivity index (χ1v) is 4.93. The fourth-order valence-electron chi connectivity index (χ4n) is 1.10. The zero-order valence-electron chi connectivity index (χ0n) is 9.13. The Morgan fingerprint density at radius 3 is 2.59 bits per heavy atom. The van der Waals surface area contributed by atoms with Gasteiger partial charge in [0, 0.05) is 5.56 Å². The van der Waals surface area contributed by atoms with Gasteiger partial charge in [-0.05, 0) is 25.1 Å². The smallest absolute Gasteiger partial charge is 0.325 e. The Balaban J connectivity index is 2.58. The average Bonchev–Trinajstić information content (AvgIpc) is 2.30. The van der Waals surface area contributed by atoms with E-state index in [2.05, 4.69) is 10.1 Å². The van der Waals surface area contributed by atoms with Crippen LogP contribution in [-0.4, -0.2) is 25.0 Å². The Kier molecular flexibility index (Phi) is 4.56. The van der Waals surface area contributed by atoms with Crippen molar-refractivity contribution in [1.29, 1.82) is 0 Å². The number of amides is 1. The standard InChI is InChI=1S/C11H11F2NO3/c1-2-17-10(15)6-14-11(16)7-3-4-8(12)9(13)5-7/h3-5H,2,6H2,1H3,(H,14,16). The van der Waals surface area contributed by atoms with E-state index in [0.717, 1.165) is 18.2 Å². The summed E-state index contributed by atoms with van der Waals surface area (Å²) in [5, 5.41) is 2.23. The lowest BCUT2D eigenvalue weighted by Crippen LogP contribution is -2.30. The number of halogens is 2. The summed E-state index contributed by atoms with van der Waals surface area (Å²) in [5.74, 6) is -3.42. The third-order valence-corrected chi connectivity index (χ3v) is 1.88. The van der Waals surface area contributed by atoms with Gasteiger partial charge in [0.2, 0.25) is 0 Å². The highest BCUT2D eigenvalue weighted by molar-refractivity contribution is 5.95. The Hall–Kier alpha value is -1.98. The van der Waals surface area contributed by atoms with E-state index in [9.17, 15) is 18.4 Å². The zero-order valence-corrected chi connectivity index (χ0v) is 9.13. The molecule has 1 rings (SSSR count). The van der Waals surface area contributed by atoms with Crippen LogP contribution in [0.2, 0.25) is 0 Å². The number of hydrogen-bond donors (Lipinski definition) is 1. The molecule has 17 heavy (non-hydrogen) atoms. The number of nitrogens with one attached hydrogen (secondary N) is 1. The van der Waals surface area contributed by atoms with Crippen LogP contribution >= 0.6 is 0 Å². The molecule has 0 heterocycles. The number of rotatable bonds is 4. The van der Waals surface area contributed by atoms with Gasteiger partial charge in [-0.3, -0.25) is 9.59 Å². The maximum absolute atomic E-state index is 12.8. The highest BCUT2D eigenvalue weighted by atomic mass is 19.2. The molecule has 0 saturated heterocycles. The summed E-state index contributed by atoms with van der Waals surface area (Å²) in [7, 11) is 0. The summed E-state index contributed by atoms with van der Waals surface area (Å²) in [5.41, 5.74) is -0.0619. The molecule has 0 aliphatic heterocycles. The molecule has 1 aromatic carbocycles. The van der Waals surface area contributed by atoms with Crippen molar-refractivity contribution in [3.63, 3.8) is 0 Å². The number of carbonyl (C=O) groups excluding carboxylic acids is 2. The second kappa shape index (κ2) is 5.93. The molecule has 0 bridgehead atoms. The van der Waals surface area contributed by atoms with Crippen LogP contribution in [0, 0.1) is 11.6 Å². The Morgan fingerprint density at radius 2 is 2.00 bits per heavy atom. The zero-order chi connectivity index (χ0) is 12.8. The molecule has 1 aromatic rings. The van der Waals surface area contributed by atoms with Crippen molar-refractivity contribution in [2.75, 3.05) is 13.2 Å². The first kappa shape index (κ1) is 13.1. The SMILES string of the molecule is CCOC(=O)CNC(=O)c1ccc(F)c(F)c1. The van der Waals surface area contributed by atoms with Gasteiger partial charge in [-0.15, -0.1) is 0 Å². The number of carbonyl (C=O) groups is 2. The monoisotopic (exact) mass is 243 g/mol. The summed E-state index contributed by atoms with van der Waals surface area (Å²) >= 11 is 0. The summed E-state index contributed by atoms with van der Waals surface area (Å²) in [4.78, 5) is 22.3. The molecule has 1 N–H and O–H groups in total. The highest BCUT2D eigenvalue weighted by Crippen LogP contribution is 2.08. The van der Waals surface area contributed by atoms with Gasteiger partial charge >= 0.3 is 5.97 Å². The molecule has 92 valence electrons. The van der Waals surface area contributed by atoms with Crippen LogP contribution in [0.5, 0.6) is 0 Å². The van der Waals surface area contributed by atoms with Crippen molar-refractivity contribution in [3.8, 4) is 0 Å². The van der Waals surface area contributed by atoms with Crippen molar-refractivity contribution < 1.29 is 23.1 Å². The van der Waals surface area contributed by atoms with Gasteiger partial charge in [0.25, 0.3) is 5.91 Å². The summed E-state index contributed by atoms with van der Waals surface area (Å²) in [6, 6.07) is 2.73. The van der Waals surface area contributed by atoms with Crippen molar-refractivity contribution in [2.45, 2.75) is 6.92 Å². The van der Waals surface area contributed by atoms with Crippen LogP contribution in [0.25, 0.3) is 0 Å².